The molecule has 146 valence electrons. The molecule has 0 radical (unpaired) electrons. The number of anilines is 1. The van der Waals surface area contributed by atoms with Crippen LogP contribution in [0.3, 0.4) is 0 Å². The van der Waals surface area contributed by atoms with Gasteiger partial charge in [-0.2, -0.15) is 11.8 Å². The molecule has 0 fully saturated rings. The van der Waals surface area contributed by atoms with Crippen molar-refractivity contribution in [3.63, 3.8) is 0 Å². The lowest BCUT2D eigenvalue weighted by atomic mass is 10.2. The van der Waals surface area contributed by atoms with Crippen molar-refractivity contribution >= 4 is 60.9 Å². The fourth-order valence-corrected chi connectivity index (χ4v) is 4.80. The molecule has 5 nitrogen and oxygen atoms in total. The number of para-hydroxylation sites is 1. The number of nitrogens with one attached hydrogen (secondary N) is 1. The maximum absolute atomic E-state index is 12.2. The summed E-state index contributed by atoms with van der Waals surface area (Å²) in [5, 5.41) is 3.47. The molecule has 0 aliphatic carbocycles. The Balaban J connectivity index is 1.83. The molecule has 27 heavy (non-hydrogen) atoms. The van der Waals surface area contributed by atoms with Gasteiger partial charge in [-0.1, -0.05) is 35.9 Å². The Hall–Kier alpha value is -1.22. The van der Waals surface area contributed by atoms with Crippen LogP contribution in [0.5, 0.6) is 0 Å². The maximum Gasteiger partial charge on any atom is 0.240 e. The number of sulfonamides is 1. The number of hydrogen-bond donors (Lipinski definition) is 1. The van der Waals surface area contributed by atoms with Crippen LogP contribution in [0.1, 0.15) is 5.56 Å². The van der Waals surface area contributed by atoms with Gasteiger partial charge in [0.25, 0.3) is 0 Å². The predicted molar refractivity (Wildman–Crippen MR) is 117 cm³/mol. The van der Waals surface area contributed by atoms with Gasteiger partial charge in [-0.25, -0.2) is 8.42 Å². The summed E-state index contributed by atoms with van der Waals surface area (Å²) in [6, 6.07) is 14.5. The fourth-order valence-electron chi connectivity index (χ4n) is 2.30. The second-order valence-corrected chi connectivity index (χ2v) is 10.1. The zero-order valence-corrected chi connectivity index (χ0v) is 18.7. The largest absolute Gasteiger partial charge is 0.354 e. The first kappa shape index (κ1) is 22.1. The number of carbonyl (C=O) groups excluding carboxylic acids is 1. The topological polar surface area (TPSA) is 66.5 Å². The molecule has 1 N–H and O–H groups in total. The molecular formula is C18H20BrClN2O3S2. The summed E-state index contributed by atoms with van der Waals surface area (Å²) in [5.41, 5.74) is 1.56. The van der Waals surface area contributed by atoms with Crippen LogP contribution in [0.25, 0.3) is 0 Å². The van der Waals surface area contributed by atoms with E-state index < -0.39 is 10.0 Å². The van der Waals surface area contributed by atoms with E-state index in [1.54, 1.807) is 36.0 Å². The second-order valence-electron chi connectivity index (χ2n) is 5.75. The minimum Gasteiger partial charge on any atom is -0.354 e. The van der Waals surface area contributed by atoms with Crippen LogP contribution < -0.4 is 9.62 Å². The minimum atomic E-state index is -3.59. The quantitative estimate of drug-likeness (QED) is 0.540. The van der Waals surface area contributed by atoms with Gasteiger partial charge in [0.1, 0.15) is 6.54 Å². The Labute approximate surface area is 177 Å². The summed E-state index contributed by atoms with van der Waals surface area (Å²) < 4.78 is 25.9. The van der Waals surface area contributed by atoms with E-state index in [0.717, 1.165) is 21.9 Å². The highest BCUT2D eigenvalue weighted by Crippen LogP contribution is 2.27. The van der Waals surface area contributed by atoms with Crippen molar-refractivity contribution < 1.29 is 13.2 Å². The highest BCUT2D eigenvalue weighted by Gasteiger charge is 2.22. The molecule has 0 aromatic heterocycles. The normalized spacial score (nSPS) is 11.2. The number of carbonyl (C=O) groups is 1. The molecule has 0 atom stereocenters. The highest BCUT2D eigenvalue weighted by molar-refractivity contribution is 9.10. The Morgan fingerprint density at radius 1 is 1.22 bits per heavy atom. The van der Waals surface area contributed by atoms with Crippen molar-refractivity contribution in [2.45, 2.75) is 5.75 Å². The number of hydrogen-bond acceptors (Lipinski definition) is 4. The molecule has 0 heterocycles. The van der Waals surface area contributed by atoms with E-state index in [2.05, 4.69) is 21.2 Å². The molecular weight excluding hydrogens is 472 g/mol. The molecule has 0 aliphatic heterocycles. The van der Waals surface area contributed by atoms with Crippen LogP contribution in [0.2, 0.25) is 5.02 Å². The summed E-state index contributed by atoms with van der Waals surface area (Å²) in [4.78, 5) is 12.2. The summed E-state index contributed by atoms with van der Waals surface area (Å²) in [6.07, 6.45) is 1.08. The van der Waals surface area contributed by atoms with E-state index in [1.807, 2.05) is 24.3 Å². The lowest BCUT2D eigenvalue weighted by molar-refractivity contribution is -0.119. The van der Waals surface area contributed by atoms with Crippen LogP contribution in [-0.4, -0.2) is 39.4 Å². The minimum absolute atomic E-state index is 0.263. The summed E-state index contributed by atoms with van der Waals surface area (Å²) >= 11 is 10.9. The van der Waals surface area contributed by atoms with Crippen LogP contribution >= 0.6 is 39.3 Å². The number of rotatable bonds is 9. The third-order valence-electron chi connectivity index (χ3n) is 3.54. The maximum atomic E-state index is 12.2. The Morgan fingerprint density at radius 3 is 2.63 bits per heavy atom. The molecule has 0 spiro atoms. The number of halogens is 2. The fraction of sp³-hybridized carbons (Fsp3) is 0.278. The Bertz CT molecular complexity index is 894. The van der Waals surface area contributed by atoms with Crippen LogP contribution in [-0.2, 0) is 20.6 Å². The third kappa shape index (κ3) is 7.37. The first-order valence-electron chi connectivity index (χ1n) is 8.08. The third-order valence-corrected chi connectivity index (χ3v) is 6.60. The van der Waals surface area contributed by atoms with Gasteiger partial charge in [-0.05, 0) is 45.8 Å². The molecule has 0 saturated heterocycles. The van der Waals surface area contributed by atoms with Gasteiger partial charge < -0.3 is 5.32 Å². The molecule has 2 aromatic rings. The van der Waals surface area contributed by atoms with Crippen LogP contribution in [0, 0.1) is 0 Å². The molecule has 1 amide bonds. The van der Waals surface area contributed by atoms with E-state index in [0.29, 0.717) is 27.5 Å². The van der Waals surface area contributed by atoms with E-state index in [9.17, 15) is 13.2 Å². The van der Waals surface area contributed by atoms with Gasteiger partial charge in [0.05, 0.1) is 11.9 Å². The van der Waals surface area contributed by atoms with E-state index in [-0.39, 0.29) is 12.5 Å². The first-order chi connectivity index (χ1) is 12.8. The zero-order valence-electron chi connectivity index (χ0n) is 14.7. The van der Waals surface area contributed by atoms with Crippen molar-refractivity contribution in [2.75, 3.05) is 29.4 Å². The average molecular weight is 492 g/mol. The number of nitrogens with zero attached hydrogens (tertiary/aromatic N) is 1. The smallest absolute Gasteiger partial charge is 0.240 e. The molecule has 2 rings (SSSR count). The number of thioether (sulfide) groups is 1. The summed E-state index contributed by atoms with van der Waals surface area (Å²) in [7, 11) is -3.59. The average Bonchev–Trinajstić information content (AvgIpc) is 2.59. The van der Waals surface area contributed by atoms with Crippen molar-refractivity contribution in [1.29, 1.82) is 0 Å². The second kappa shape index (κ2) is 10.4. The number of benzene rings is 2. The van der Waals surface area contributed by atoms with Crippen molar-refractivity contribution in [3.8, 4) is 0 Å². The van der Waals surface area contributed by atoms with Gasteiger partial charge in [0.15, 0.2) is 0 Å². The van der Waals surface area contributed by atoms with Gasteiger partial charge in [-0.15, -0.1) is 0 Å². The summed E-state index contributed by atoms with van der Waals surface area (Å²) in [6.45, 7) is 0.192. The SMILES string of the molecule is CS(=O)(=O)N(CC(=O)NCCSCc1cccc(Cl)c1)c1ccccc1Br. The molecule has 0 bridgehead atoms. The van der Waals surface area contributed by atoms with Gasteiger partial charge in [0.2, 0.25) is 15.9 Å². The van der Waals surface area contributed by atoms with Gasteiger partial charge in [-0.3, -0.25) is 9.10 Å². The van der Waals surface area contributed by atoms with E-state index >= 15 is 0 Å². The molecule has 0 unspecified atom stereocenters. The summed E-state index contributed by atoms with van der Waals surface area (Å²) in [5.74, 6) is 1.16. The number of amides is 1. The zero-order chi connectivity index (χ0) is 19.9. The monoisotopic (exact) mass is 490 g/mol. The lowest BCUT2D eigenvalue weighted by Crippen LogP contribution is -2.41. The first-order valence-corrected chi connectivity index (χ1v) is 12.3. The van der Waals surface area contributed by atoms with Crippen molar-refractivity contribution in [2.24, 2.45) is 0 Å². The standard InChI is InChI=1S/C18H20BrClN2O3S2/c1-27(24,25)22(17-8-3-2-7-16(17)19)12-18(23)21-9-10-26-13-14-5-4-6-15(20)11-14/h2-8,11H,9-10,12-13H2,1H3,(H,21,23). The van der Waals surface area contributed by atoms with Gasteiger partial charge in [0, 0.05) is 27.5 Å². The molecule has 9 heteroatoms. The van der Waals surface area contributed by atoms with Crippen molar-refractivity contribution in [1.82, 2.24) is 5.32 Å². The van der Waals surface area contributed by atoms with Crippen molar-refractivity contribution in [3.05, 3.63) is 63.6 Å². The molecule has 0 saturated carbocycles. The van der Waals surface area contributed by atoms with Crippen LogP contribution in [0.4, 0.5) is 5.69 Å². The molecule has 0 aliphatic rings. The molecule has 2 aromatic carbocycles. The Kier molecular flexibility index (Phi) is 8.47. The lowest BCUT2D eigenvalue weighted by Gasteiger charge is -2.23. The van der Waals surface area contributed by atoms with Gasteiger partial charge >= 0.3 is 0 Å². The van der Waals surface area contributed by atoms with E-state index in [4.69, 9.17) is 11.6 Å². The predicted octanol–water partition coefficient (Wildman–Crippen LogP) is 3.92. The Morgan fingerprint density at radius 2 is 1.96 bits per heavy atom. The highest BCUT2D eigenvalue weighted by atomic mass is 79.9. The van der Waals surface area contributed by atoms with E-state index in [1.165, 1.54) is 0 Å². The van der Waals surface area contributed by atoms with Crippen LogP contribution in [0.15, 0.2) is 53.0 Å².